The number of methoxy groups -OCH3 is 1. The highest BCUT2D eigenvalue weighted by Gasteiger charge is 2.31. The van der Waals surface area contributed by atoms with Gasteiger partial charge in [0.15, 0.2) is 0 Å². The molecule has 0 saturated carbocycles. The Morgan fingerprint density at radius 3 is 2.75 bits per heavy atom. The van der Waals surface area contributed by atoms with Crippen LogP contribution in [0.2, 0.25) is 0 Å². The summed E-state index contributed by atoms with van der Waals surface area (Å²) in [4.78, 5) is 28.3. The summed E-state index contributed by atoms with van der Waals surface area (Å²) in [7, 11) is 1.55. The number of hydrogen-bond donors (Lipinski definition) is 4. The van der Waals surface area contributed by atoms with E-state index >= 15 is 0 Å². The molecule has 1 aliphatic heterocycles. The molecule has 0 aliphatic carbocycles. The van der Waals surface area contributed by atoms with Crippen molar-refractivity contribution in [3.05, 3.63) is 71.8 Å². The topological polar surface area (TPSA) is 117 Å². The van der Waals surface area contributed by atoms with Crippen LogP contribution in [0.25, 0.3) is 11.4 Å². The van der Waals surface area contributed by atoms with E-state index in [4.69, 9.17) is 4.74 Å². The van der Waals surface area contributed by atoms with Crippen LogP contribution in [0.1, 0.15) is 21.6 Å². The van der Waals surface area contributed by atoms with Gasteiger partial charge in [-0.15, -0.1) is 0 Å². The molecule has 0 radical (unpaired) electrons. The van der Waals surface area contributed by atoms with E-state index in [-0.39, 0.29) is 17.5 Å². The highest BCUT2D eigenvalue weighted by atomic mass is 19.4. The van der Waals surface area contributed by atoms with E-state index in [1.165, 1.54) is 12.4 Å². The zero-order valence-corrected chi connectivity index (χ0v) is 18.9. The van der Waals surface area contributed by atoms with E-state index in [1.54, 1.807) is 19.2 Å². The first-order valence-electron chi connectivity index (χ1n) is 10.9. The van der Waals surface area contributed by atoms with Crippen molar-refractivity contribution in [3.8, 4) is 17.1 Å². The third-order valence-corrected chi connectivity index (χ3v) is 5.57. The number of benzene rings is 1. The highest BCUT2D eigenvalue weighted by molar-refractivity contribution is 6.06. The molecule has 12 heteroatoms. The molecule has 5 rings (SSSR count). The summed E-state index contributed by atoms with van der Waals surface area (Å²) in [6.45, 7) is 0.485. The number of nitrogens with one attached hydrogen (secondary N) is 4. The van der Waals surface area contributed by atoms with Crippen molar-refractivity contribution in [1.82, 2.24) is 25.3 Å². The number of pyridine rings is 1. The van der Waals surface area contributed by atoms with Crippen LogP contribution in [-0.4, -0.2) is 39.5 Å². The lowest BCUT2D eigenvalue weighted by atomic mass is 10.1. The Hall–Kier alpha value is -4.61. The van der Waals surface area contributed by atoms with Crippen LogP contribution in [0.4, 0.5) is 36.2 Å². The molecule has 0 fully saturated rings. The predicted octanol–water partition coefficient (Wildman–Crippen LogP) is 4.67. The molecular weight excluding hydrogens is 475 g/mol. The van der Waals surface area contributed by atoms with Gasteiger partial charge in [-0.25, -0.2) is 9.97 Å². The normalized spacial score (nSPS) is 13.1. The summed E-state index contributed by atoms with van der Waals surface area (Å²) in [6, 6.07) is 9.83. The van der Waals surface area contributed by atoms with E-state index in [9.17, 15) is 18.0 Å². The van der Waals surface area contributed by atoms with Gasteiger partial charge in [0, 0.05) is 31.1 Å². The Morgan fingerprint density at radius 2 is 1.94 bits per heavy atom. The number of ether oxygens (including phenoxy) is 1. The number of fused-ring (bicyclic) bond motifs is 1. The van der Waals surface area contributed by atoms with Crippen molar-refractivity contribution in [3.63, 3.8) is 0 Å². The summed E-state index contributed by atoms with van der Waals surface area (Å²) in [5.74, 6) is 0.407. The molecular formula is C24H20F3N7O2. The number of nitrogens with zero attached hydrogens (tertiary/aromatic N) is 3. The maximum Gasteiger partial charge on any atom is 0.417 e. The van der Waals surface area contributed by atoms with E-state index in [0.717, 1.165) is 18.0 Å². The number of carbonyl (C=O) groups excluding carboxylic acids is 1. The van der Waals surface area contributed by atoms with Crippen LogP contribution in [0.15, 0.2) is 55.0 Å². The molecule has 0 spiro atoms. The quantitative estimate of drug-likeness (QED) is 0.307. The lowest BCUT2D eigenvalue weighted by Gasteiger charge is -2.16. The Balaban J connectivity index is 1.54. The molecule has 9 nitrogen and oxygen atoms in total. The van der Waals surface area contributed by atoms with Crippen LogP contribution in [0.5, 0.6) is 5.75 Å². The number of rotatable bonds is 6. The number of aromatic amines is 1. The van der Waals surface area contributed by atoms with E-state index in [1.807, 2.05) is 18.2 Å². The van der Waals surface area contributed by atoms with Gasteiger partial charge in [0.2, 0.25) is 5.95 Å². The summed E-state index contributed by atoms with van der Waals surface area (Å²) in [5.41, 5.74) is 2.47. The Bertz CT molecular complexity index is 1440. The summed E-state index contributed by atoms with van der Waals surface area (Å²) in [6.07, 6.45) is -0.479. The maximum atomic E-state index is 13.1. The zero-order chi connectivity index (χ0) is 25.3. The number of hydrogen-bond acceptors (Lipinski definition) is 7. The minimum absolute atomic E-state index is 0.0638. The third-order valence-electron chi connectivity index (χ3n) is 5.57. The van der Waals surface area contributed by atoms with E-state index < -0.39 is 11.7 Å². The van der Waals surface area contributed by atoms with E-state index in [0.29, 0.717) is 47.0 Å². The minimum Gasteiger partial charge on any atom is -0.495 e. The standard InChI is InChI=1S/C24H20F3N7O2/c1-36-18-5-3-2-4-15(18)32-21-19-16(6-8-29-22(19)35)33-20(21)17-7-9-30-23(34-17)31-14-10-13(11-28-12-14)24(25,26)27/h2-5,7,9-12,32-33H,6,8H2,1H3,(H,29,35)(H,30,31,34). The van der Waals surface area contributed by atoms with Crippen molar-refractivity contribution in [2.24, 2.45) is 0 Å². The predicted molar refractivity (Wildman–Crippen MR) is 127 cm³/mol. The fourth-order valence-corrected chi connectivity index (χ4v) is 3.93. The average molecular weight is 495 g/mol. The van der Waals surface area contributed by atoms with Crippen LogP contribution >= 0.6 is 0 Å². The second kappa shape index (κ2) is 9.21. The van der Waals surface area contributed by atoms with Crippen LogP contribution in [0.3, 0.4) is 0 Å². The van der Waals surface area contributed by atoms with E-state index in [2.05, 4.69) is 35.9 Å². The molecule has 4 N–H and O–H groups in total. The first kappa shape index (κ1) is 23.1. The molecule has 0 unspecified atom stereocenters. The summed E-state index contributed by atoms with van der Waals surface area (Å²) >= 11 is 0. The average Bonchev–Trinajstić information content (AvgIpc) is 3.24. The molecule has 0 atom stereocenters. The fraction of sp³-hybridized carbons (Fsp3) is 0.167. The summed E-state index contributed by atoms with van der Waals surface area (Å²) in [5, 5.41) is 8.90. The van der Waals surface area contributed by atoms with Gasteiger partial charge in [-0.3, -0.25) is 9.78 Å². The maximum absolute atomic E-state index is 13.1. The smallest absolute Gasteiger partial charge is 0.417 e. The Kier molecular flexibility index (Phi) is 5.92. The molecule has 0 bridgehead atoms. The van der Waals surface area contributed by atoms with Crippen LogP contribution in [0, 0.1) is 0 Å². The number of halogens is 3. The first-order valence-corrected chi connectivity index (χ1v) is 10.9. The van der Waals surface area contributed by atoms with Gasteiger partial charge >= 0.3 is 6.18 Å². The van der Waals surface area contributed by atoms with Crippen LogP contribution in [-0.2, 0) is 12.6 Å². The second-order valence-corrected chi connectivity index (χ2v) is 7.91. The van der Waals surface area contributed by atoms with Gasteiger partial charge in [-0.1, -0.05) is 12.1 Å². The largest absolute Gasteiger partial charge is 0.495 e. The lowest BCUT2D eigenvalue weighted by Crippen LogP contribution is -2.31. The molecule has 1 aliphatic rings. The molecule has 4 heterocycles. The van der Waals surface area contributed by atoms with Crippen molar-refractivity contribution in [2.75, 3.05) is 24.3 Å². The lowest BCUT2D eigenvalue weighted by molar-refractivity contribution is -0.137. The second-order valence-electron chi connectivity index (χ2n) is 7.91. The molecule has 4 aromatic rings. The third kappa shape index (κ3) is 4.52. The van der Waals surface area contributed by atoms with Gasteiger partial charge < -0.3 is 25.7 Å². The van der Waals surface area contributed by atoms with Gasteiger partial charge in [-0.05, 0) is 24.3 Å². The fourth-order valence-electron chi connectivity index (χ4n) is 3.93. The van der Waals surface area contributed by atoms with Gasteiger partial charge in [0.1, 0.15) is 5.75 Å². The molecule has 36 heavy (non-hydrogen) atoms. The Morgan fingerprint density at radius 1 is 1.11 bits per heavy atom. The van der Waals surface area contributed by atoms with Crippen molar-refractivity contribution >= 4 is 28.9 Å². The molecule has 184 valence electrons. The molecule has 0 saturated heterocycles. The number of H-pyrrole nitrogens is 1. The molecule has 1 aromatic carbocycles. The van der Waals surface area contributed by atoms with Crippen molar-refractivity contribution in [2.45, 2.75) is 12.6 Å². The van der Waals surface area contributed by atoms with Gasteiger partial charge in [-0.2, -0.15) is 13.2 Å². The zero-order valence-electron chi connectivity index (χ0n) is 18.9. The minimum atomic E-state index is -4.53. The molecule has 3 aromatic heterocycles. The first-order chi connectivity index (χ1) is 17.3. The van der Waals surface area contributed by atoms with Gasteiger partial charge in [0.05, 0.1) is 52.9 Å². The summed E-state index contributed by atoms with van der Waals surface area (Å²) < 4.78 is 44.6. The number of para-hydroxylation sites is 2. The van der Waals surface area contributed by atoms with Crippen molar-refractivity contribution in [1.29, 1.82) is 0 Å². The van der Waals surface area contributed by atoms with Gasteiger partial charge in [0.25, 0.3) is 5.91 Å². The number of anilines is 4. The SMILES string of the molecule is COc1ccccc1Nc1c(-c2ccnc(Nc3cncc(C(F)(F)F)c3)n2)[nH]c2c1C(=O)NCC2. The van der Waals surface area contributed by atoms with Crippen LogP contribution < -0.4 is 20.7 Å². The number of alkyl halides is 3. The highest BCUT2D eigenvalue weighted by Crippen LogP contribution is 2.38. The Labute approximate surface area is 203 Å². The number of aromatic nitrogens is 4. The number of carbonyl (C=O) groups is 1. The number of amides is 1. The molecule has 1 amide bonds. The monoisotopic (exact) mass is 495 g/mol. The van der Waals surface area contributed by atoms with Crippen molar-refractivity contribution < 1.29 is 22.7 Å².